The summed E-state index contributed by atoms with van der Waals surface area (Å²) in [5.74, 6) is 0.0466. The van der Waals surface area contributed by atoms with Gasteiger partial charge < -0.3 is 5.73 Å². The van der Waals surface area contributed by atoms with Crippen molar-refractivity contribution in [3.63, 3.8) is 0 Å². The van der Waals surface area contributed by atoms with Gasteiger partial charge in [-0.05, 0) is 0 Å². The Morgan fingerprint density at radius 3 is 2.73 bits per heavy atom. The molecule has 0 saturated heterocycles. The van der Waals surface area contributed by atoms with Crippen molar-refractivity contribution in [1.29, 1.82) is 0 Å². The fourth-order valence-electron chi connectivity index (χ4n) is 1.39. The highest BCUT2D eigenvalue weighted by Crippen LogP contribution is 2.14. The Hall–Kier alpha value is -1.88. The van der Waals surface area contributed by atoms with E-state index in [9.17, 15) is 4.79 Å². The van der Waals surface area contributed by atoms with Gasteiger partial charge in [-0.1, -0.05) is 35.5 Å². The summed E-state index contributed by atoms with van der Waals surface area (Å²) >= 11 is 0. The van der Waals surface area contributed by atoms with E-state index in [-0.39, 0.29) is 0 Å². The maximum absolute atomic E-state index is 11.3. The number of benzene rings is 1. The fraction of sp³-hybridized carbons (Fsp3) is 0.200. The Balaban J connectivity index is 2.49. The zero-order valence-corrected chi connectivity index (χ0v) is 8.09. The molecule has 0 aliphatic heterocycles. The van der Waals surface area contributed by atoms with E-state index in [1.54, 1.807) is 0 Å². The van der Waals surface area contributed by atoms with Crippen molar-refractivity contribution in [2.24, 2.45) is 5.73 Å². The van der Waals surface area contributed by atoms with Gasteiger partial charge in [-0.3, -0.25) is 9.09 Å². The second-order valence-electron chi connectivity index (χ2n) is 3.08. The largest absolute Gasteiger partial charge is 0.441 e. The van der Waals surface area contributed by atoms with E-state index in [0.29, 0.717) is 18.9 Å². The Morgan fingerprint density at radius 1 is 1.33 bits per heavy atom. The Labute approximate surface area is 86.1 Å². The summed E-state index contributed by atoms with van der Waals surface area (Å²) in [7, 11) is 0. The molecule has 0 unspecified atom stereocenters. The second-order valence-corrected chi connectivity index (χ2v) is 3.08. The van der Waals surface area contributed by atoms with Crippen LogP contribution in [0, 0.1) is 0 Å². The number of aromatic nitrogens is 2. The van der Waals surface area contributed by atoms with E-state index in [2.05, 4.69) is 9.68 Å². The minimum Gasteiger partial charge on any atom is -0.329 e. The molecule has 5 heteroatoms. The van der Waals surface area contributed by atoms with Gasteiger partial charge >= 0.3 is 5.76 Å². The number of hydrogen-bond donors (Lipinski definition) is 1. The summed E-state index contributed by atoms with van der Waals surface area (Å²) in [4.78, 5) is 11.3. The number of hydrogen-bond acceptors (Lipinski definition) is 4. The third-order valence-electron chi connectivity index (χ3n) is 2.07. The Kier molecular flexibility index (Phi) is 2.64. The van der Waals surface area contributed by atoms with Crippen LogP contribution in [0.25, 0.3) is 11.4 Å². The van der Waals surface area contributed by atoms with E-state index in [0.717, 1.165) is 5.56 Å². The van der Waals surface area contributed by atoms with Crippen molar-refractivity contribution < 1.29 is 4.52 Å². The average Bonchev–Trinajstić information content (AvgIpc) is 2.63. The van der Waals surface area contributed by atoms with Gasteiger partial charge in [0.25, 0.3) is 0 Å². The van der Waals surface area contributed by atoms with Crippen molar-refractivity contribution in [2.45, 2.75) is 6.54 Å². The molecular formula is C10H11N3O2. The molecule has 0 spiro atoms. The van der Waals surface area contributed by atoms with Crippen molar-refractivity contribution in [2.75, 3.05) is 6.54 Å². The highest BCUT2D eigenvalue weighted by molar-refractivity contribution is 5.54. The first kappa shape index (κ1) is 9.67. The number of rotatable bonds is 3. The van der Waals surface area contributed by atoms with Crippen LogP contribution in [0.5, 0.6) is 0 Å². The highest BCUT2D eigenvalue weighted by Gasteiger charge is 2.10. The fourth-order valence-corrected chi connectivity index (χ4v) is 1.39. The molecule has 0 bridgehead atoms. The first-order valence-electron chi connectivity index (χ1n) is 4.65. The quantitative estimate of drug-likeness (QED) is 0.790. The molecule has 0 atom stereocenters. The molecule has 0 saturated carbocycles. The topological polar surface area (TPSA) is 74.1 Å². The Morgan fingerprint density at radius 2 is 2.07 bits per heavy atom. The molecule has 2 rings (SSSR count). The van der Waals surface area contributed by atoms with Crippen molar-refractivity contribution in [3.8, 4) is 11.4 Å². The smallest absolute Gasteiger partial charge is 0.329 e. The van der Waals surface area contributed by atoms with Gasteiger partial charge in [0, 0.05) is 18.7 Å². The monoisotopic (exact) mass is 205 g/mol. The van der Waals surface area contributed by atoms with Crippen LogP contribution in [0.15, 0.2) is 39.6 Å². The molecule has 0 aliphatic carbocycles. The number of nitrogens with two attached hydrogens (primary N) is 1. The van der Waals surface area contributed by atoms with Gasteiger partial charge in [0.15, 0.2) is 5.82 Å². The molecule has 0 fully saturated rings. The first-order chi connectivity index (χ1) is 7.33. The maximum Gasteiger partial charge on any atom is 0.441 e. The lowest BCUT2D eigenvalue weighted by atomic mass is 10.2. The molecule has 1 heterocycles. The molecule has 78 valence electrons. The summed E-state index contributed by atoms with van der Waals surface area (Å²) < 4.78 is 6.03. The van der Waals surface area contributed by atoms with E-state index in [4.69, 9.17) is 5.73 Å². The highest BCUT2D eigenvalue weighted by atomic mass is 16.5. The normalized spacial score (nSPS) is 10.5. The summed E-state index contributed by atoms with van der Waals surface area (Å²) in [5, 5.41) is 3.72. The van der Waals surface area contributed by atoms with Crippen molar-refractivity contribution in [3.05, 3.63) is 40.9 Å². The lowest BCUT2D eigenvalue weighted by molar-refractivity contribution is 0.376. The third-order valence-corrected chi connectivity index (χ3v) is 2.07. The van der Waals surface area contributed by atoms with E-state index < -0.39 is 5.76 Å². The molecule has 5 nitrogen and oxygen atoms in total. The van der Waals surface area contributed by atoms with Gasteiger partial charge in [-0.15, -0.1) is 0 Å². The van der Waals surface area contributed by atoms with Gasteiger partial charge in [0.1, 0.15) is 0 Å². The predicted molar refractivity (Wildman–Crippen MR) is 55.3 cm³/mol. The molecule has 2 aromatic rings. The molecule has 1 aromatic carbocycles. The summed E-state index contributed by atoms with van der Waals surface area (Å²) in [5.41, 5.74) is 6.25. The van der Waals surface area contributed by atoms with Crippen molar-refractivity contribution in [1.82, 2.24) is 9.72 Å². The van der Waals surface area contributed by atoms with Gasteiger partial charge in [0.2, 0.25) is 0 Å². The van der Waals surface area contributed by atoms with E-state index in [1.165, 1.54) is 4.57 Å². The molecule has 1 aromatic heterocycles. The number of nitrogens with zero attached hydrogens (tertiary/aromatic N) is 2. The van der Waals surface area contributed by atoms with Crippen LogP contribution in [-0.2, 0) is 6.54 Å². The van der Waals surface area contributed by atoms with E-state index >= 15 is 0 Å². The molecular weight excluding hydrogens is 194 g/mol. The molecule has 2 N–H and O–H groups in total. The summed E-state index contributed by atoms with van der Waals surface area (Å²) in [6.45, 7) is 0.785. The van der Waals surface area contributed by atoms with Gasteiger partial charge in [-0.25, -0.2) is 4.79 Å². The summed E-state index contributed by atoms with van der Waals surface area (Å²) in [6, 6.07) is 9.38. The standard InChI is InChI=1S/C10H11N3O2/c11-6-7-13-9(12-15-10(13)14)8-4-2-1-3-5-8/h1-5H,6-7,11H2. The van der Waals surface area contributed by atoms with Crippen LogP contribution < -0.4 is 11.5 Å². The molecule has 0 radical (unpaired) electrons. The van der Waals surface area contributed by atoms with E-state index in [1.807, 2.05) is 30.3 Å². The van der Waals surface area contributed by atoms with Crippen LogP contribution in [-0.4, -0.2) is 16.3 Å². The zero-order valence-electron chi connectivity index (χ0n) is 8.09. The van der Waals surface area contributed by atoms with Gasteiger partial charge in [-0.2, -0.15) is 0 Å². The Bertz CT molecular complexity index is 487. The van der Waals surface area contributed by atoms with Crippen LogP contribution in [0.4, 0.5) is 0 Å². The first-order valence-corrected chi connectivity index (χ1v) is 4.65. The van der Waals surface area contributed by atoms with Crippen LogP contribution in [0.2, 0.25) is 0 Å². The second kappa shape index (κ2) is 4.10. The maximum atomic E-state index is 11.3. The van der Waals surface area contributed by atoms with Crippen LogP contribution in [0.3, 0.4) is 0 Å². The lowest BCUT2D eigenvalue weighted by Crippen LogP contribution is -2.20. The summed E-state index contributed by atoms with van der Waals surface area (Å²) in [6.07, 6.45) is 0. The zero-order chi connectivity index (χ0) is 10.7. The average molecular weight is 205 g/mol. The van der Waals surface area contributed by atoms with Crippen LogP contribution in [0.1, 0.15) is 0 Å². The van der Waals surface area contributed by atoms with Gasteiger partial charge in [0.05, 0.1) is 0 Å². The predicted octanol–water partition coefficient (Wildman–Crippen LogP) is 0.462. The minimum absolute atomic E-state index is 0.376. The molecule has 0 amide bonds. The third kappa shape index (κ3) is 1.82. The SMILES string of the molecule is NCCn1c(-c2ccccc2)noc1=O. The lowest BCUT2D eigenvalue weighted by Gasteiger charge is -2.01. The minimum atomic E-state index is -0.473. The molecule has 15 heavy (non-hydrogen) atoms. The van der Waals surface area contributed by atoms with Crippen molar-refractivity contribution >= 4 is 0 Å². The molecule has 0 aliphatic rings. The van der Waals surface area contributed by atoms with Crippen LogP contribution >= 0.6 is 0 Å².